The maximum absolute atomic E-state index is 13.3. The maximum Gasteiger partial charge on any atom is 0.255 e. The van der Waals surface area contributed by atoms with E-state index < -0.39 is 11.9 Å². The lowest BCUT2D eigenvalue weighted by molar-refractivity contribution is 0.0670. The SMILES string of the molecule is N#CC1CCCCN1C(=O)c1ccc(Cl)c(F)c1. The number of nitrogens with zero attached hydrogens (tertiary/aromatic N) is 2. The third-order valence-electron chi connectivity index (χ3n) is 3.08. The Morgan fingerprint density at radius 1 is 1.50 bits per heavy atom. The summed E-state index contributed by atoms with van der Waals surface area (Å²) in [7, 11) is 0. The average molecular weight is 267 g/mol. The van der Waals surface area contributed by atoms with E-state index in [1.54, 1.807) is 0 Å². The number of likely N-dealkylation sites (tertiary alicyclic amines) is 1. The first-order valence-electron chi connectivity index (χ1n) is 5.79. The highest BCUT2D eigenvalue weighted by Gasteiger charge is 2.27. The van der Waals surface area contributed by atoms with Gasteiger partial charge in [0.1, 0.15) is 11.9 Å². The summed E-state index contributed by atoms with van der Waals surface area (Å²) in [5, 5.41) is 9.00. The molecule has 1 fully saturated rings. The third kappa shape index (κ3) is 2.46. The Morgan fingerprint density at radius 3 is 2.94 bits per heavy atom. The second kappa shape index (κ2) is 5.36. The molecule has 1 aliphatic heterocycles. The van der Waals surface area contributed by atoms with Gasteiger partial charge in [-0.2, -0.15) is 5.26 Å². The summed E-state index contributed by atoms with van der Waals surface area (Å²) in [6, 6.07) is 5.66. The van der Waals surface area contributed by atoms with E-state index in [-0.39, 0.29) is 16.5 Å². The van der Waals surface area contributed by atoms with Crippen LogP contribution in [-0.2, 0) is 0 Å². The number of hydrogen-bond acceptors (Lipinski definition) is 2. The van der Waals surface area contributed by atoms with Crippen molar-refractivity contribution in [2.24, 2.45) is 0 Å². The van der Waals surface area contributed by atoms with Crippen LogP contribution in [0.15, 0.2) is 18.2 Å². The standard InChI is InChI=1S/C13H12ClFN2O/c14-11-5-4-9(7-12(11)15)13(18)17-6-2-1-3-10(17)8-16/h4-5,7,10H,1-3,6H2. The summed E-state index contributed by atoms with van der Waals surface area (Å²) in [6.45, 7) is 0.543. The first-order chi connectivity index (χ1) is 8.63. The molecule has 1 aromatic carbocycles. The van der Waals surface area contributed by atoms with Crippen molar-refractivity contribution in [1.82, 2.24) is 4.90 Å². The molecule has 2 rings (SSSR count). The zero-order chi connectivity index (χ0) is 13.1. The van der Waals surface area contributed by atoms with Gasteiger partial charge in [0.15, 0.2) is 0 Å². The molecule has 0 N–H and O–H groups in total. The number of carbonyl (C=O) groups excluding carboxylic acids is 1. The number of halogens is 2. The van der Waals surface area contributed by atoms with E-state index in [1.807, 2.05) is 0 Å². The van der Waals surface area contributed by atoms with E-state index in [0.29, 0.717) is 13.0 Å². The first kappa shape index (κ1) is 12.8. The third-order valence-corrected chi connectivity index (χ3v) is 3.39. The maximum atomic E-state index is 13.3. The van der Waals surface area contributed by atoms with Crippen LogP contribution in [0.4, 0.5) is 4.39 Å². The molecule has 0 aliphatic carbocycles. The smallest absolute Gasteiger partial charge is 0.255 e. The van der Waals surface area contributed by atoms with Crippen LogP contribution >= 0.6 is 11.6 Å². The van der Waals surface area contributed by atoms with E-state index in [9.17, 15) is 9.18 Å². The Bertz CT molecular complexity index is 512. The highest BCUT2D eigenvalue weighted by atomic mass is 35.5. The summed E-state index contributed by atoms with van der Waals surface area (Å²) in [4.78, 5) is 13.7. The fraction of sp³-hybridized carbons (Fsp3) is 0.385. The van der Waals surface area contributed by atoms with Crippen molar-refractivity contribution in [1.29, 1.82) is 5.26 Å². The Morgan fingerprint density at radius 2 is 2.28 bits per heavy atom. The molecule has 0 radical (unpaired) electrons. The van der Waals surface area contributed by atoms with Gasteiger partial charge in [0.05, 0.1) is 11.1 Å². The van der Waals surface area contributed by atoms with Crippen LogP contribution in [0.2, 0.25) is 5.02 Å². The molecule has 1 saturated heterocycles. The molecule has 0 saturated carbocycles. The summed E-state index contributed by atoms with van der Waals surface area (Å²) >= 11 is 5.57. The van der Waals surface area contributed by atoms with E-state index in [4.69, 9.17) is 16.9 Å². The molecule has 1 aromatic rings. The normalized spacial score (nSPS) is 19.4. The monoisotopic (exact) mass is 266 g/mol. The highest BCUT2D eigenvalue weighted by molar-refractivity contribution is 6.30. The molecule has 0 spiro atoms. The van der Waals surface area contributed by atoms with Gasteiger partial charge >= 0.3 is 0 Å². The molecule has 5 heteroatoms. The summed E-state index contributed by atoms with van der Waals surface area (Å²) in [5.41, 5.74) is 0.235. The largest absolute Gasteiger partial charge is 0.323 e. The Hall–Kier alpha value is -1.60. The van der Waals surface area contributed by atoms with Gasteiger partial charge in [-0.1, -0.05) is 11.6 Å². The van der Waals surface area contributed by atoms with Crippen molar-refractivity contribution in [3.8, 4) is 6.07 Å². The lowest BCUT2D eigenvalue weighted by Crippen LogP contribution is -2.42. The van der Waals surface area contributed by atoms with Crippen LogP contribution in [0.25, 0.3) is 0 Å². The fourth-order valence-corrected chi connectivity index (χ4v) is 2.22. The summed E-state index contributed by atoms with van der Waals surface area (Å²) in [6.07, 6.45) is 2.50. The lowest BCUT2D eigenvalue weighted by Gasteiger charge is -2.31. The first-order valence-corrected chi connectivity index (χ1v) is 6.17. The van der Waals surface area contributed by atoms with Crippen molar-refractivity contribution in [3.63, 3.8) is 0 Å². The van der Waals surface area contributed by atoms with Crippen molar-refractivity contribution in [2.45, 2.75) is 25.3 Å². The zero-order valence-corrected chi connectivity index (χ0v) is 10.5. The second-order valence-electron chi connectivity index (χ2n) is 4.27. The van der Waals surface area contributed by atoms with Crippen LogP contribution in [-0.4, -0.2) is 23.4 Å². The molecule has 94 valence electrons. The molecule has 1 heterocycles. The number of rotatable bonds is 1. The Labute approximate surface area is 110 Å². The van der Waals surface area contributed by atoms with Gasteiger partial charge in [0.2, 0.25) is 0 Å². The quantitative estimate of drug-likeness (QED) is 0.784. The van der Waals surface area contributed by atoms with Gasteiger partial charge < -0.3 is 4.90 Å². The zero-order valence-electron chi connectivity index (χ0n) is 9.70. The number of amides is 1. The van der Waals surface area contributed by atoms with Gasteiger partial charge in [-0.05, 0) is 37.5 Å². The number of carbonyl (C=O) groups is 1. The highest BCUT2D eigenvalue weighted by Crippen LogP contribution is 2.21. The Kier molecular flexibility index (Phi) is 3.83. The van der Waals surface area contributed by atoms with Gasteiger partial charge in [-0.25, -0.2) is 4.39 Å². The summed E-state index contributed by atoms with van der Waals surface area (Å²) < 4.78 is 13.3. The van der Waals surface area contributed by atoms with Crippen molar-refractivity contribution >= 4 is 17.5 Å². The molecule has 1 amide bonds. The average Bonchev–Trinajstić information content (AvgIpc) is 2.41. The molecular formula is C13H12ClFN2O. The number of benzene rings is 1. The predicted octanol–water partition coefficient (Wildman–Crippen LogP) is 3.00. The van der Waals surface area contributed by atoms with E-state index >= 15 is 0 Å². The van der Waals surface area contributed by atoms with Crippen LogP contribution < -0.4 is 0 Å². The molecule has 1 aliphatic rings. The van der Waals surface area contributed by atoms with Crippen LogP contribution in [0, 0.1) is 17.1 Å². The van der Waals surface area contributed by atoms with E-state index in [1.165, 1.54) is 17.0 Å². The number of nitriles is 1. The van der Waals surface area contributed by atoms with Gasteiger partial charge in [0, 0.05) is 12.1 Å². The molecular weight excluding hydrogens is 255 g/mol. The molecule has 18 heavy (non-hydrogen) atoms. The predicted molar refractivity (Wildman–Crippen MR) is 65.7 cm³/mol. The van der Waals surface area contributed by atoms with Gasteiger partial charge in [0.25, 0.3) is 5.91 Å². The topological polar surface area (TPSA) is 44.1 Å². The van der Waals surface area contributed by atoms with Gasteiger partial charge in [-0.15, -0.1) is 0 Å². The second-order valence-corrected chi connectivity index (χ2v) is 4.68. The molecule has 3 nitrogen and oxygen atoms in total. The lowest BCUT2D eigenvalue weighted by atomic mass is 10.0. The van der Waals surface area contributed by atoms with E-state index in [0.717, 1.165) is 18.9 Å². The van der Waals surface area contributed by atoms with Crippen molar-refractivity contribution < 1.29 is 9.18 Å². The number of piperidine rings is 1. The minimum atomic E-state index is -0.618. The molecule has 1 unspecified atom stereocenters. The Balaban J connectivity index is 2.24. The van der Waals surface area contributed by atoms with Gasteiger partial charge in [-0.3, -0.25) is 4.79 Å². The molecule has 1 atom stereocenters. The fourth-order valence-electron chi connectivity index (χ4n) is 2.10. The number of hydrogen-bond donors (Lipinski definition) is 0. The van der Waals surface area contributed by atoms with Crippen molar-refractivity contribution in [2.75, 3.05) is 6.54 Å². The molecule has 0 bridgehead atoms. The molecule has 0 aromatic heterocycles. The van der Waals surface area contributed by atoms with Crippen LogP contribution in [0.1, 0.15) is 29.6 Å². The van der Waals surface area contributed by atoms with Crippen molar-refractivity contribution in [3.05, 3.63) is 34.6 Å². The van der Waals surface area contributed by atoms with Crippen LogP contribution in [0.5, 0.6) is 0 Å². The minimum absolute atomic E-state index is 0.0120. The minimum Gasteiger partial charge on any atom is -0.323 e. The van der Waals surface area contributed by atoms with Crippen LogP contribution in [0.3, 0.4) is 0 Å². The summed E-state index contributed by atoms with van der Waals surface area (Å²) in [5.74, 6) is -0.926. The van der Waals surface area contributed by atoms with E-state index in [2.05, 4.69) is 6.07 Å².